The van der Waals surface area contributed by atoms with Crippen molar-refractivity contribution in [3.05, 3.63) is 188 Å². The Balaban J connectivity index is 1.13. The van der Waals surface area contributed by atoms with Crippen molar-refractivity contribution < 1.29 is 0 Å². The minimum absolute atomic E-state index is 0.658. The summed E-state index contributed by atoms with van der Waals surface area (Å²) in [5.74, 6) is 0.658. The SMILES string of the molecule is c1ccc(-c2nc(-n3c4ccccc4c4cc(-n5c6ccccc6c6c7c8ccccc8n(-c8ccccc8)c7ccc65)ccc43)nc3ccccc23)cc1. The van der Waals surface area contributed by atoms with Gasteiger partial charge in [0.15, 0.2) is 0 Å². The second-order valence-corrected chi connectivity index (χ2v) is 14.2. The van der Waals surface area contributed by atoms with E-state index in [2.05, 4.69) is 190 Å². The lowest BCUT2D eigenvalue weighted by molar-refractivity contribution is 1.01. The van der Waals surface area contributed by atoms with E-state index >= 15 is 0 Å². The van der Waals surface area contributed by atoms with Crippen molar-refractivity contribution >= 4 is 76.3 Å². The molecule has 0 aliphatic carbocycles. The maximum absolute atomic E-state index is 5.29. The molecule has 0 spiro atoms. The Hall–Kier alpha value is -7.50. The fraction of sp³-hybridized carbons (Fsp3) is 0. The van der Waals surface area contributed by atoms with Crippen molar-refractivity contribution in [1.82, 2.24) is 23.7 Å². The van der Waals surface area contributed by atoms with Crippen LogP contribution in [0.15, 0.2) is 188 Å². The number of aromatic nitrogens is 5. The molecule has 55 heavy (non-hydrogen) atoms. The Morgan fingerprint density at radius 3 is 1.47 bits per heavy atom. The molecule has 0 saturated heterocycles. The van der Waals surface area contributed by atoms with Crippen molar-refractivity contribution in [2.24, 2.45) is 0 Å². The molecular formula is C50H31N5. The molecule has 0 saturated carbocycles. The number of nitrogens with zero attached hydrogens (tertiary/aromatic N) is 5. The molecule has 0 N–H and O–H groups in total. The molecule has 0 aliphatic heterocycles. The molecule has 0 aliphatic rings. The lowest BCUT2D eigenvalue weighted by Crippen LogP contribution is -2.03. The van der Waals surface area contributed by atoms with E-state index in [1.54, 1.807) is 0 Å². The van der Waals surface area contributed by atoms with E-state index in [1.165, 1.54) is 43.6 Å². The molecule has 5 nitrogen and oxygen atoms in total. The van der Waals surface area contributed by atoms with Gasteiger partial charge in [-0.3, -0.25) is 4.57 Å². The summed E-state index contributed by atoms with van der Waals surface area (Å²) in [6, 6.07) is 67.1. The van der Waals surface area contributed by atoms with E-state index in [0.29, 0.717) is 5.95 Å². The Labute approximate surface area is 315 Å². The second-order valence-electron chi connectivity index (χ2n) is 14.2. The van der Waals surface area contributed by atoms with Gasteiger partial charge < -0.3 is 9.13 Å². The summed E-state index contributed by atoms with van der Waals surface area (Å²) in [5.41, 5.74) is 12.1. The van der Waals surface area contributed by atoms with Gasteiger partial charge in [-0.05, 0) is 66.7 Å². The maximum Gasteiger partial charge on any atom is 0.235 e. The molecule has 256 valence electrons. The zero-order valence-electron chi connectivity index (χ0n) is 29.6. The highest BCUT2D eigenvalue weighted by Crippen LogP contribution is 2.43. The van der Waals surface area contributed by atoms with Gasteiger partial charge in [0, 0.05) is 54.6 Å². The van der Waals surface area contributed by atoms with Crippen LogP contribution < -0.4 is 0 Å². The molecular weight excluding hydrogens is 671 g/mol. The van der Waals surface area contributed by atoms with Crippen LogP contribution in [0.4, 0.5) is 0 Å². The van der Waals surface area contributed by atoms with Gasteiger partial charge in [-0.2, -0.15) is 0 Å². The zero-order valence-corrected chi connectivity index (χ0v) is 29.6. The van der Waals surface area contributed by atoms with Gasteiger partial charge in [-0.15, -0.1) is 0 Å². The van der Waals surface area contributed by atoms with Gasteiger partial charge in [-0.25, -0.2) is 9.97 Å². The van der Waals surface area contributed by atoms with Crippen molar-refractivity contribution in [2.75, 3.05) is 0 Å². The highest BCUT2D eigenvalue weighted by Gasteiger charge is 2.22. The minimum Gasteiger partial charge on any atom is -0.309 e. The number of para-hydroxylation sites is 5. The van der Waals surface area contributed by atoms with Gasteiger partial charge in [0.1, 0.15) is 0 Å². The predicted molar refractivity (Wildman–Crippen MR) is 228 cm³/mol. The first-order valence-electron chi connectivity index (χ1n) is 18.7. The van der Waals surface area contributed by atoms with Crippen LogP contribution in [0.25, 0.3) is 105 Å². The summed E-state index contributed by atoms with van der Waals surface area (Å²) in [7, 11) is 0. The second kappa shape index (κ2) is 11.5. The Kier molecular flexibility index (Phi) is 6.27. The van der Waals surface area contributed by atoms with Crippen molar-refractivity contribution in [3.63, 3.8) is 0 Å². The van der Waals surface area contributed by atoms with Crippen LogP contribution in [-0.4, -0.2) is 23.7 Å². The number of hydrogen-bond acceptors (Lipinski definition) is 2. The first kappa shape index (κ1) is 30.0. The maximum atomic E-state index is 5.29. The normalized spacial score (nSPS) is 12.0. The third-order valence-corrected chi connectivity index (χ3v) is 11.2. The molecule has 4 heterocycles. The lowest BCUT2D eigenvalue weighted by Gasteiger charge is -2.12. The molecule has 12 rings (SSSR count). The van der Waals surface area contributed by atoms with Crippen LogP contribution in [0.5, 0.6) is 0 Å². The van der Waals surface area contributed by atoms with Crippen molar-refractivity contribution in [3.8, 4) is 28.6 Å². The van der Waals surface area contributed by atoms with Gasteiger partial charge >= 0.3 is 0 Å². The molecule has 12 aromatic rings. The Morgan fingerprint density at radius 1 is 0.309 bits per heavy atom. The standard InChI is InChI=1S/C50H31N5/c1-3-15-32(16-4-1)49-36-20-7-11-23-40(36)51-50(52-49)55-41-24-12-8-19-35(41)39-31-34(27-28-44(39)55)54-43-26-14-10-22-38(43)48-46(54)30-29-45-47(48)37-21-9-13-25-42(37)53(45)33-17-5-2-6-18-33/h1-31H. The molecule has 0 radical (unpaired) electrons. The zero-order chi connectivity index (χ0) is 36.0. The smallest absolute Gasteiger partial charge is 0.235 e. The third kappa shape index (κ3) is 4.29. The molecule has 4 aromatic heterocycles. The summed E-state index contributed by atoms with van der Waals surface area (Å²) in [4.78, 5) is 10.5. The molecule has 5 heteroatoms. The minimum atomic E-state index is 0.658. The highest BCUT2D eigenvalue weighted by molar-refractivity contribution is 6.29. The van der Waals surface area contributed by atoms with E-state index < -0.39 is 0 Å². The van der Waals surface area contributed by atoms with Gasteiger partial charge in [0.05, 0.1) is 44.3 Å². The first-order valence-corrected chi connectivity index (χ1v) is 18.7. The molecule has 0 atom stereocenters. The number of rotatable bonds is 4. The fourth-order valence-electron chi connectivity index (χ4n) is 8.95. The van der Waals surface area contributed by atoms with Crippen LogP contribution in [0.3, 0.4) is 0 Å². The van der Waals surface area contributed by atoms with E-state index in [9.17, 15) is 0 Å². The lowest BCUT2D eigenvalue weighted by atomic mass is 10.1. The highest BCUT2D eigenvalue weighted by atomic mass is 15.2. The van der Waals surface area contributed by atoms with Crippen LogP contribution in [0, 0.1) is 0 Å². The summed E-state index contributed by atoms with van der Waals surface area (Å²) in [6.07, 6.45) is 0. The van der Waals surface area contributed by atoms with Gasteiger partial charge in [0.25, 0.3) is 0 Å². The Morgan fingerprint density at radius 2 is 0.800 bits per heavy atom. The van der Waals surface area contributed by atoms with E-state index in [0.717, 1.165) is 55.3 Å². The predicted octanol–water partition coefficient (Wildman–Crippen LogP) is 12.6. The van der Waals surface area contributed by atoms with Gasteiger partial charge in [0.2, 0.25) is 5.95 Å². The van der Waals surface area contributed by atoms with E-state index in [4.69, 9.17) is 9.97 Å². The number of benzene rings is 8. The molecule has 0 fully saturated rings. The molecule has 0 amide bonds. The first-order chi connectivity index (χ1) is 27.3. The summed E-state index contributed by atoms with van der Waals surface area (Å²) >= 11 is 0. The quantitative estimate of drug-likeness (QED) is 0.183. The summed E-state index contributed by atoms with van der Waals surface area (Å²) in [6.45, 7) is 0. The number of fused-ring (bicyclic) bond motifs is 11. The largest absolute Gasteiger partial charge is 0.309 e. The van der Waals surface area contributed by atoms with E-state index in [1.807, 2.05) is 12.1 Å². The van der Waals surface area contributed by atoms with E-state index in [-0.39, 0.29) is 0 Å². The monoisotopic (exact) mass is 701 g/mol. The fourth-order valence-corrected chi connectivity index (χ4v) is 8.95. The van der Waals surface area contributed by atoms with Crippen molar-refractivity contribution in [2.45, 2.75) is 0 Å². The van der Waals surface area contributed by atoms with Gasteiger partial charge in [-0.1, -0.05) is 121 Å². The number of hydrogen-bond donors (Lipinski definition) is 0. The topological polar surface area (TPSA) is 40.6 Å². The van der Waals surface area contributed by atoms with Crippen molar-refractivity contribution in [1.29, 1.82) is 0 Å². The summed E-state index contributed by atoms with van der Waals surface area (Å²) in [5, 5.41) is 8.36. The molecule has 8 aromatic carbocycles. The average Bonchev–Trinajstić information content (AvgIpc) is 3.89. The summed E-state index contributed by atoms with van der Waals surface area (Å²) < 4.78 is 7.06. The Bertz CT molecular complexity index is 3480. The van der Waals surface area contributed by atoms with Crippen LogP contribution in [0.1, 0.15) is 0 Å². The van der Waals surface area contributed by atoms with Crippen LogP contribution in [-0.2, 0) is 0 Å². The molecule has 0 unspecified atom stereocenters. The van der Waals surface area contributed by atoms with Crippen LogP contribution in [0.2, 0.25) is 0 Å². The third-order valence-electron chi connectivity index (χ3n) is 11.2. The average molecular weight is 702 g/mol. The molecule has 0 bridgehead atoms. The van der Waals surface area contributed by atoms with Crippen LogP contribution >= 0.6 is 0 Å².